The van der Waals surface area contributed by atoms with E-state index in [0.717, 1.165) is 0 Å². The highest BCUT2D eigenvalue weighted by molar-refractivity contribution is 7.91. The molecule has 1 saturated heterocycles. The zero-order valence-corrected chi connectivity index (χ0v) is 14.0. The molecule has 1 aliphatic rings. The van der Waals surface area contributed by atoms with E-state index < -0.39 is 14.8 Å². The Kier molecular flexibility index (Phi) is 5.03. The van der Waals surface area contributed by atoms with Crippen molar-refractivity contribution in [1.29, 1.82) is 0 Å². The standard InChI is InChI=1S/C15H20N2O5S/c1-11(13-4-3-5-14(9-13)17(19)20)16(2)15(18)8-12-6-7-23(21,22)10-12/h3-5,9,11-12H,6-8,10H2,1-2H3/t11-,12-/m1/s1. The van der Waals surface area contributed by atoms with Gasteiger partial charge in [-0.2, -0.15) is 0 Å². The van der Waals surface area contributed by atoms with Gasteiger partial charge in [0.1, 0.15) is 0 Å². The number of non-ortho nitro benzene ring substituents is 1. The first-order chi connectivity index (χ1) is 10.7. The summed E-state index contributed by atoms with van der Waals surface area (Å²) in [6.45, 7) is 1.79. The molecule has 2 rings (SSSR count). The van der Waals surface area contributed by atoms with Crippen LogP contribution in [-0.4, -0.2) is 42.7 Å². The average molecular weight is 340 g/mol. The van der Waals surface area contributed by atoms with Crippen molar-refractivity contribution >= 4 is 21.4 Å². The molecule has 1 amide bonds. The van der Waals surface area contributed by atoms with Gasteiger partial charge in [-0.05, 0) is 24.8 Å². The van der Waals surface area contributed by atoms with Gasteiger partial charge in [0, 0.05) is 25.6 Å². The van der Waals surface area contributed by atoms with Crippen LogP contribution in [0.2, 0.25) is 0 Å². The molecule has 1 heterocycles. The Morgan fingerprint density at radius 2 is 2.17 bits per heavy atom. The maximum Gasteiger partial charge on any atom is 0.269 e. The Morgan fingerprint density at radius 3 is 2.74 bits per heavy atom. The summed E-state index contributed by atoms with van der Waals surface area (Å²) in [6.07, 6.45) is 0.710. The van der Waals surface area contributed by atoms with E-state index in [4.69, 9.17) is 0 Å². The van der Waals surface area contributed by atoms with Gasteiger partial charge in [0.05, 0.1) is 22.5 Å². The van der Waals surface area contributed by atoms with Crippen LogP contribution in [0, 0.1) is 16.0 Å². The first-order valence-corrected chi connectivity index (χ1v) is 9.22. The fraction of sp³-hybridized carbons (Fsp3) is 0.533. The third-order valence-electron chi connectivity index (χ3n) is 4.33. The van der Waals surface area contributed by atoms with E-state index in [0.29, 0.717) is 12.0 Å². The van der Waals surface area contributed by atoms with Crippen molar-refractivity contribution in [3.8, 4) is 0 Å². The van der Waals surface area contributed by atoms with Gasteiger partial charge in [-0.3, -0.25) is 14.9 Å². The summed E-state index contributed by atoms with van der Waals surface area (Å²) in [6, 6.07) is 5.86. The zero-order valence-electron chi connectivity index (χ0n) is 13.1. The summed E-state index contributed by atoms with van der Waals surface area (Å²) >= 11 is 0. The number of nitro benzene ring substituents is 1. The van der Waals surface area contributed by atoms with Crippen molar-refractivity contribution in [2.24, 2.45) is 5.92 Å². The van der Waals surface area contributed by atoms with Gasteiger partial charge in [-0.25, -0.2) is 8.42 Å². The quantitative estimate of drug-likeness (QED) is 0.602. The number of nitrogens with zero attached hydrogens (tertiary/aromatic N) is 2. The molecule has 2 atom stereocenters. The van der Waals surface area contributed by atoms with E-state index >= 15 is 0 Å². The molecule has 23 heavy (non-hydrogen) atoms. The molecular formula is C15H20N2O5S. The predicted molar refractivity (Wildman–Crippen MR) is 85.7 cm³/mol. The van der Waals surface area contributed by atoms with E-state index in [1.54, 1.807) is 26.1 Å². The monoisotopic (exact) mass is 340 g/mol. The highest BCUT2D eigenvalue weighted by Gasteiger charge is 2.31. The fourth-order valence-electron chi connectivity index (χ4n) is 2.76. The highest BCUT2D eigenvalue weighted by atomic mass is 32.2. The highest BCUT2D eigenvalue weighted by Crippen LogP contribution is 2.26. The van der Waals surface area contributed by atoms with Gasteiger partial charge in [0.15, 0.2) is 9.84 Å². The molecule has 126 valence electrons. The van der Waals surface area contributed by atoms with Crippen molar-refractivity contribution in [2.75, 3.05) is 18.6 Å². The number of carbonyl (C=O) groups excluding carboxylic acids is 1. The molecule has 0 radical (unpaired) electrons. The maximum absolute atomic E-state index is 12.3. The Balaban J connectivity index is 2.04. The van der Waals surface area contributed by atoms with Crippen LogP contribution < -0.4 is 0 Å². The summed E-state index contributed by atoms with van der Waals surface area (Å²) < 4.78 is 22.9. The van der Waals surface area contributed by atoms with Crippen LogP contribution in [0.15, 0.2) is 24.3 Å². The molecule has 0 spiro atoms. The summed E-state index contributed by atoms with van der Waals surface area (Å²) in [5, 5.41) is 10.8. The van der Waals surface area contributed by atoms with Crippen LogP contribution in [0.5, 0.6) is 0 Å². The van der Waals surface area contributed by atoms with Crippen LogP contribution in [-0.2, 0) is 14.6 Å². The minimum atomic E-state index is -3.00. The molecule has 1 aromatic carbocycles. The van der Waals surface area contributed by atoms with Crippen LogP contribution in [0.4, 0.5) is 5.69 Å². The molecule has 1 fully saturated rings. The van der Waals surface area contributed by atoms with Crippen LogP contribution in [0.1, 0.15) is 31.4 Å². The van der Waals surface area contributed by atoms with Crippen molar-refractivity contribution in [3.63, 3.8) is 0 Å². The predicted octanol–water partition coefficient (Wildman–Crippen LogP) is 1.94. The van der Waals surface area contributed by atoms with Gasteiger partial charge in [-0.15, -0.1) is 0 Å². The van der Waals surface area contributed by atoms with Crippen LogP contribution in [0.3, 0.4) is 0 Å². The van der Waals surface area contributed by atoms with E-state index in [1.165, 1.54) is 17.0 Å². The molecule has 0 saturated carbocycles. The lowest BCUT2D eigenvalue weighted by molar-refractivity contribution is -0.384. The van der Waals surface area contributed by atoms with Gasteiger partial charge < -0.3 is 4.90 Å². The molecule has 0 aromatic heterocycles. The summed E-state index contributed by atoms with van der Waals surface area (Å²) in [4.78, 5) is 24.2. The second-order valence-electron chi connectivity index (χ2n) is 6.01. The minimum Gasteiger partial charge on any atom is -0.339 e. The number of rotatable bonds is 5. The van der Waals surface area contributed by atoms with Gasteiger partial charge in [-0.1, -0.05) is 12.1 Å². The number of carbonyl (C=O) groups is 1. The lowest BCUT2D eigenvalue weighted by atomic mass is 10.0. The lowest BCUT2D eigenvalue weighted by Crippen LogP contribution is -2.31. The van der Waals surface area contributed by atoms with Crippen molar-refractivity contribution in [1.82, 2.24) is 4.90 Å². The topological polar surface area (TPSA) is 97.6 Å². The molecule has 7 nitrogen and oxygen atoms in total. The van der Waals surface area contributed by atoms with E-state index in [9.17, 15) is 23.3 Å². The lowest BCUT2D eigenvalue weighted by Gasteiger charge is -2.26. The third-order valence-corrected chi connectivity index (χ3v) is 6.16. The number of amides is 1. The van der Waals surface area contributed by atoms with E-state index in [-0.39, 0.29) is 41.5 Å². The van der Waals surface area contributed by atoms with Gasteiger partial charge in [0.2, 0.25) is 5.91 Å². The SMILES string of the molecule is C[C@H](c1cccc([N+](=O)[O-])c1)N(C)C(=O)C[C@H]1CCS(=O)(=O)C1. The Hall–Kier alpha value is -1.96. The largest absolute Gasteiger partial charge is 0.339 e. The van der Waals surface area contributed by atoms with Crippen LogP contribution in [0.25, 0.3) is 0 Å². The van der Waals surface area contributed by atoms with Crippen molar-refractivity contribution in [3.05, 3.63) is 39.9 Å². The number of sulfone groups is 1. The minimum absolute atomic E-state index is 0.0166. The second-order valence-corrected chi connectivity index (χ2v) is 8.23. The Morgan fingerprint density at radius 1 is 1.48 bits per heavy atom. The smallest absolute Gasteiger partial charge is 0.269 e. The number of hydrogen-bond donors (Lipinski definition) is 0. The van der Waals surface area contributed by atoms with Gasteiger partial charge >= 0.3 is 0 Å². The molecule has 1 aromatic rings. The first-order valence-electron chi connectivity index (χ1n) is 7.40. The Bertz CT molecular complexity index is 716. The fourth-order valence-corrected chi connectivity index (χ4v) is 4.62. The molecule has 8 heteroatoms. The number of benzene rings is 1. The van der Waals surface area contributed by atoms with Crippen LogP contribution >= 0.6 is 0 Å². The molecule has 1 aliphatic heterocycles. The third kappa shape index (κ3) is 4.28. The second kappa shape index (κ2) is 6.66. The summed E-state index contributed by atoms with van der Waals surface area (Å²) in [5.41, 5.74) is 0.658. The average Bonchev–Trinajstić information content (AvgIpc) is 2.84. The van der Waals surface area contributed by atoms with Crippen molar-refractivity contribution < 1.29 is 18.1 Å². The Labute approximate surface area is 135 Å². The molecule has 0 unspecified atom stereocenters. The molecule has 0 N–H and O–H groups in total. The van der Waals surface area contributed by atoms with Gasteiger partial charge in [0.25, 0.3) is 5.69 Å². The summed E-state index contributed by atoms with van der Waals surface area (Å²) in [7, 11) is -1.37. The molecular weight excluding hydrogens is 320 g/mol. The van der Waals surface area contributed by atoms with Crippen molar-refractivity contribution in [2.45, 2.75) is 25.8 Å². The zero-order chi connectivity index (χ0) is 17.2. The summed E-state index contributed by atoms with van der Waals surface area (Å²) in [5.74, 6) is -0.0641. The number of hydrogen-bond acceptors (Lipinski definition) is 5. The normalized spacial score (nSPS) is 20.9. The molecule has 0 aliphatic carbocycles. The van der Waals surface area contributed by atoms with E-state index in [2.05, 4.69) is 0 Å². The molecule has 0 bridgehead atoms. The van der Waals surface area contributed by atoms with E-state index in [1.807, 2.05) is 0 Å². The first kappa shape index (κ1) is 17.4. The number of nitro groups is 1. The maximum atomic E-state index is 12.3.